The van der Waals surface area contributed by atoms with Gasteiger partial charge in [-0.3, -0.25) is 14.2 Å². The molecule has 0 radical (unpaired) electrons. The Labute approximate surface area is 366 Å². The van der Waals surface area contributed by atoms with Gasteiger partial charge >= 0.3 is 11.9 Å². The van der Waals surface area contributed by atoms with Crippen molar-refractivity contribution in [2.75, 3.05) is 47.5 Å². The summed E-state index contributed by atoms with van der Waals surface area (Å²) in [5.41, 5.74) is 0. The Bertz CT molecular complexity index is 1380. The number of hydrogen-bond donors (Lipinski definition) is 0. The molecule has 0 aromatic carbocycles. The summed E-state index contributed by atoms with van der Waals surface area (Å²) in [6.07, 6.45) is 55.6. The van der Waals surface area contributed by atoms with Gasteiger partial charge in [0.25, 0.3) is 7.82 Å². The molecule has 60 heavy (non-hydrogen) atoms. The minimum atomic E-state index is -4.66. The van der Waals surface area contributed by atoms with Crippen molar-refractivity contribution in [1.82, 2.24) is 0 Å². The molecule has 0 aliphatic rings. The van der Waals surface area contributed by atoms with E-state index in [4.69, 9.17) is 18.5 Å². The summed E-state index contributed by atoms with van der Waals surface area (Å²) in [7, 11) is 1.08. The molecule has 0 amide bonds. The highest BCUT2D eigenvalue weighted by Crippen LogP contribution is 2.38. The second kappa shape index (κ2) is 41.0. The Hall–Kier alpha value is -3.33. The lowest BCUT2D eigenvalue weighted by Crippen LogP contribution is -2.37. The lowest BCUT2D eigenvalue weighted by molar-refractivity contribution is -0.870. The number of ether oxygens (including phenoxy) is 2. The van der Waals surface area contributed by atoms with Gasteiger partial charge in [0, 0.05) is 12.8 Å². The summed E-state index contributed by atoms with van der Waals surface area (Å²) in [6.45, 7) is 3.94. The Kier molecular flexibility index (Phi) is 38.8. The third-order valence-electron chi connectivity index (χ3n) is 8.79. The first kappa shape index (κ1) is 56.7. The highest BCUT2D eigenvalue weighted by atomic mass is 31.2. The molecule has 0 rings (SSSR count). The van der Waals surface area contributed by atoms with Crippen molar-refractivity contribution in [3.8, 4) is 0 Å². The van der Waals surface area contributed by atoms with Gasteiger partial charge in [-0.05, 0) is 89.9 Å². The van der Waals surface area contributed by atoms with Gasteiger partial charge in [0.15, 0.2) is 6.10 Å². The van der Waals surface area contributed by atoms with Crippen molar-refractivity contribution in [3.63, 3.8) is 0 Å². The number of quaternary nitrogens is 1. The number of rotatable bonds is 39. The van der Waals surface area contributed by atoms with Gasteiger partial charge in [-0.1, -0.05) is 149 Å². The molecule has 0 aromatic rings. The van der Waals surface area contributed by atoms with Gasteiger partial charge in [0.2, 0.25) is 0 Å². The fourth-order valence-electron chi connectivity index (χ4n) is 5.27. The number of nitrogens with zero attached hydrogens (tertiary/aromatic N) is 1. The maximum atomic E-state index is 12.7. The largest absolute Gasteiger partial charge is 0.756 e. The van der Waals surface area contributed by atoms with Gasteiger partial charge in [0.05, 0.1) is 27.7 Å². The van der Waals surface area contributed by atoms with Crippen LogP contribution in [0.15, 0.2) is 109 Å². The van der Waals surface area contributed by atoms with Crippen molar-refractivity contribution in [3.05, 3.63) is 109 Å². The number of carbonyl (C=O) groups is 2. The monoisotopic (exact) mass is 856 g/mol. The summed E-state index contributed by atoms with van der Waals surface area (Å²) in [5, 5.41) is 0. The molecule has 0 aliphatic carbocycles. The number of likely N-dealkylation sites (N-methyl/N-ethyl adjacent to an activating group) is 1. The number of phosphoric acid groups is 1. The van der Waals surface area contributed by atoms with Crippen LogP contribution >= 0.6 is 7.82 Å². The molecule has 0 fully saturated rings. The van der Waals surface area contributed by atoms with Gasteiger partial charge < -0.3 is 27.9 Å². The van der Waals surface area contributed by atoms with Crippen LogP contribution in [0.2, 0.25) is 0 Å². The van der Waals surface area contributed by atoms with E-state index < -0.39 is 32.5 Å². The summed E-state index contributed by atoms with van der Waals surface area (Å²) >= 11 is 0. The van der Waals surface area contributed by atoms with Crippen molar-refractivity contribution in [2.24, 2.45) is 0 Å². The van der Waals surface area contributed by atoms with Gasteiger partial charge in [-0.2, -0.15) is 0 Å². The van der Waals surface area contributed by atoms with Crippen LogP contribution in [0.25, 0.3) is 0 Å². The van der Waals surface area contributed by atoms with Crippen molar-refractivity contribution in [2.45, 2.75) is 148 Å². The van der Waals surface area contributed by atoms with Crippen LogP contribution in [0.5, 0.6) is 0 Å². The van der Waals surface area contributed by atoms with E-state index in [1.165, 1.54) is 25.7 Å². The Morgan fingerprint density at radius 2 is 0.983 bits per heavy atom. The fraction of sp³-hybridized carbons (Fsp3) is 0.600. The molecule has 0 saturated carbocycles. The summed E-state index contributed by atoms with van der Waals surface area (Å²) in [4.78, 5) is 37.5. The van der Waals surface area contributed by atoms with E-state index >= 15 is 0 Å². The Morgan fingerprint density at radius 3 is 1.47 bits per heavy atom. The van der Waals surface area contributed by atoms with Crippen molar-refractivity contribution in [1.29, 1.82) is 0 Å². The van der Waals surface area contributed by atoms with E-state index in [0.717, 1.165) is 77.0 Å². The number of unbranched alkanes of at least 4 members (excludes halogenated alkanes) is 7. The fourth-order valence-corrected chi connectivity index (χ4v) is 6.00. The highest BCUT2D eigenvalue weighted by Gasteiger charge is 2.21. The Balaban J connectivity index is 4.54. The van der Waals surface area contributed by atoms with E-state index in [0.29, 0.717) is 23.9 Å². The molecule has 0 spiro atoms. The molecule has 0 heterocycles. The second-order valence-electron chi connectivity index (χ2n) is 15.7. The van der Waals surface area contributed by atoms with E-state index in [1.807, 2.05) is 33.3 Å². The van der Waals surface area contributed by atoms with Crippen LogP contribution < -0.4 is 4.89 Å². The molecular weight excluding hydrogens is 774 g/mol. The molecule has 10 heteroatoms. The average molecular weight is 856 g/mol. The summed E-state index contributed by atoms with van der Waals surface area (Å²) in [6, 6.07) is 0. The summed E-state index contributed by atoms with van der Waals surface area (Å²) < 4.78 is 33.8. The predicted octanol–water partition coefficient (Wildman–Crippen LogP) is 12.5. The van der Waals surface area contributed by atoms with E-state index in [9.17, 15) is 19.0 Å². The first-order valence-corrected chi connectivity index (χ1v) is 24.1. The standard InChI is InChI=1S/C50H82NO8P/c1-6-8-10-12-14-16-18-20-22-24-25-27-29-31-33-35-37-39-41-43-50(53)59-48(47-58-60(54,55)57-45-44-51(3,4)5)46-56-49(52)42-40-38-36-34-32-30-28-26-23-21-19-17-15-13-11-9-7-2/h8,10,14-17,20-23,25,27-28,30-31,33,37,39,48H,6-7,9,11-13,18-19,24,26,29,32,34-36,38,40-47H2,1-5H3/b10-8-,16-14-,17-15-,22-20-,23-21-,27-25-,30-28-,33-31-,39-37-/t48-/m1/s1. The first-order chi connectivity index (χ1) is 29.0. The minimum absolute atomic E-state index is 0.0549. The quantitative estimate of drug-likeness (QED) is 0.0198. The molecule has 9 nitrogen and oxygen atoms in total. The van der Waals surface area contributed by atoms with Gasteiger partial charge in [-0.25, -0.2) is 0 Å². The smallest absolute Gasteiger partial charge is 0.306 e. The molecule has 0 bridgehead atoms. The average Bonchev–Trinajstić information content (AvgIpc) is 3.20. The normalized spacial score (nSPS) is 14.6. The number of carbonyl (C=O) groups excluding carboxylic acids is 2. The first-order valence-electron chi connectivity index (χ1n) is 22.6. The van der Waals surface area contributed by atoms with Crippen LogP contribution in [-0.4, -0.2) is 70.0 Å². The second-order valence-corrected chi connectivity index (χ2v) is 17.1. The zero-order valence-corrected chi connectivity index (χ0v) is 39.0. The molecule has 340 valence electrons. The zero-order chi connectivity index (χ0) is 44.3. The molecule has 0 aromatic heterocycles. The number of hydrogen-bond acceptors (Lipinski definition) is 8. The SMILES string of the molecule is CC/C=C\C/C=C\C/C=C\C/C=C\C/C=C\C/C=C\CCC(=O)O[C@H](COC(=O)CCCCCC/C=C\C/C=C\C/C=C\CCCCC)COP(=O)([O-])OCC[N+](C)(C)C. The van der Waals surface area contributed by atoms with E-state index in [-0.39, 0.29) is 26.1 Å². The molecular formula is C50H82NO8P. The highest BCUT2D eigenvalue weighted by molar-refractivity contribution is 7.45. The van der Waals surface area contributed by atoms with Crippen LogP contribution in [0.4, 0.5) is 0 Å². The maximum Gasteiger partial charge on any atom is 0.306 e. The zero-order valence-electron chi connectivity index (χ0n) is 38.1. The summed E-state index contributed by atoms with van der Waals surface area (Å²) in [5.74, 6) is -0.970. The lowest BCUT2D eigenvalue weighted by Gasteiger charge is -2.28. The molecule has 0 aliphatic heterocycles. The van der Waals surface area contributed by atoms with Crippen LogP contribution in [0.3, 0.4) is 0 Å². The topological polar surface area (TPSA) is 111 Å². The number of phosphoric ester groups is 1. The molecule has 1 unspecified atom stereocenters. The predicted molar refractivity (Wildman–Crippen MR) is 249 cm³/mol. The van der Waals surface area contributed by atoms with Gasteiger partial charge in [0.1, 0.15) is 19.8 Å². The van der Waals surface area contributed by atoms with Gasteiger partial charge in [-0.15, -0.1) is 0 Å². The number of allylic oxidation sites excluding steroid dienone is 18. The van der Waals surface area contributed by atoms with Crippen molar-refractivity contribution < 1.29 is 42.1 Å². The number of esters is 2. The molecule has 0 saturated heterocycles. The third-order valence-corrected chi connectivity index (χ3v) is 9.75. The van der Waals surface area contributed by atoms with Crippen LogP contribution in [0, 0.1) is 0 Å². The third kappa shape index (κ3) is 44.2. The lowest BCUT2D eigenvalue weighted by atomic mass is 10.1. The van der Waals surface area contributed by atoms with E-state index in [1.54, 1.807) is 0 Å². The maximum absolute atomic E-state index is 12.7. The molecule has 0 N–H and O–H groups in total. The van der Waals surface area contributed by atoms with E-state index in [2.05, 4.69) is 111 Å². The van der Waals surface area contributed by atoms with Crippen molar-refractivity contribution >= 4 is 19.8 Å². The van der Waals surface area contributed by atoms with Crippen LogP contribution in [0.1, 0.15) is 142 Å². The minimum Gasteiger partial charge on any atom is -0.756 e. The Morgan fingerprint density at radius 1 is 0.533 bits per heavy atom. The molecule has 2 atom stereocenters. The van der Waals surface area contributed by atoms with Crippen LogP contribution in [-0.2, 0) is 32.7 Å².